The monoisotopic (exact) mass is 380 g/mol. The molecule has 1 aromatic heterocycles. The van der Waals surface area contributed by atoms with Crippen LogP contribution in [0.3, 0.4) is 0 Å². The third-order valence-corrected chi connectivity index (χ3v) is 4.64. The number of benzene rings is 2. The van der Waals surface area contributed by atoms with Crippen LogP contribution in [0.25, 0.3) is 0 Å². The summed E-state index contributed by atoms with van der Waals surface area (Å²) in [5.41, 5.74) is 1.89. The average Bonchev–Trinajstić information content (AvgIpc) is 2.75. The second-order valence-electron chi connectivity index (χ2n) is 6.45. The summed E-state index contributed by atoms with van der Waals surface area (Å²) in [6, 6.07) is 14.2. The molecule has 0 bridgehead atoms. The van der Waals surface area contributed by atoms with Crippen LogP contribution in [0, 0.1) is 5.82 Å². The quantitative estimate of drug-likeness (QED) is 0.730. The summed E-state index contributed by atoms with van der Waals surface area (Å²) in [7, 11) is 1.63. The smallest absolute Gasteiger partial charge is 0.247 e. The zero-order valence-corrected chi connectivity index (χ0v) is 15.5. The molecule has 2 heterocycles. The number of aromatic nitrogens is 3. The van der Waals surface area contributed by atoms with Gasteiger partial charge in [0.2, 0.25) is 5.95 Å². The summed E-state index contributed by atoms with van der Waals surface area (Å²) in [5.74, 6) is 1.76. The molecule has 7 nitrogen and oxygen atoms in total. The van der Waals surface area contributed by atoms with Gasteiger partial charge in [0.1, 0.15) is 11.6 Å². The number of ether oxygens (including phenoxy) is 1. The van der Waals surface area contributed by atoms with Crippen LogP contribution in [0.1, 0.15) is 0 Å². The molecule has 28 heavy (non-hydrogen) atoms. The van der Waals surface area contributed by atoms with Crippen LogP contribution in [-0.2, 0) is 0 Å². The Bertz CT molecular complexity index is 928. The van der Waals surface area contributed by atoms with E-state index in [-0.39, 0.29) is 5.82 Å². The Morgan fingerprint density at radius 3 is 2.50 bits per heavy atom. The Hall–Kier alpha value is -3.42. The lowest BCUT2D eigenvalue weighted by atomic mass is 10.2. The fourth-order valence-electron chi connectivity index (χ4n) is 3.15. The van der Waals surface area contributed by atoms with E-state index in [0.29, 0.717) is 11.8 Å². The molecule has 1 aliphatic rings. The molecule has 4 rings (SSSR count). The summed E-state index contributed by atoms with van der Waals surface area (Å²) in [6.45, 7) is 3.15. The van der Waals surface area contributed by atoms with Crippen LogP contribution in [0.2, 0.25) is 0 Å². The maximum Gasteiger partial charge on any atom is 0.247 e. The molecule has 0 spiro atoms. The predicted octanol–water partition coefficient (Wildman–Crippen LogP) is 3.09. The maximum absolute atomic E-state index is 13.1. The van der Waals surface area contributed by atoms with Crippen molar-refractivity contribution in [2.45, 2.75) is 0 Å². The number of methoxy groups -OCH3 is 1. The molecule has 0 aliphatic carbocycles. The Morgan fingerprint density at radius 2 is 1.75 bits per heavy atom. The highest BCUT2D eigenvalue weighted by atomic mass is 19.1. The van der Waals surface area contributed by atoms with Gasteiger partial charge in [-0.1, -0.05) is 6.07 Å². The van der Waals surface area contributed by atoms with Gasteiger partial charge in [0.15, 0.2) is 5.82 Å². The van der Waals surface area contributed by atoms with E-state index in [1.165, 1.54) is 12.1 Å². The van der Waals surface area contributed by atoms with Gasteiger partial charge in [-0.15, -0.1) is 5.10 Å². The van der Waals surface area contributed by atoms with Crippen molar-refractivity contribution >= 4 is 23.1 Å². The molecule has 0 radical (unpaired) electrons. The van der Waals surface area contributed by atoms with E-state index in [1.807, 2.05) is 36.4 Å². The highest BCUT2D eigenvalue weighted by Crippen LogP contribution is 2.22. The van der Waals surface area contributed by atoms with Gasteiger partial charge >= 0.3 is 0 Å². The molecule has 144 valence electrons. The molecule has 1 N–H and O–H groups in total. The van der Waals surface area contributed by atoms with Crippen molar-refractivity contribution in [1.29, 1.82) is 0 Å². The van der Waals surface area contributed by atoms with Crippen molar-refractivity contribution in [3.05, 3.63) is 60.5 Å². The van der Waals surface area contributed by atoms with E-state index in [2.05, 4.69) is 30.3 Å². The molecule has 0 unspecified atom stereocenters. The highest BCUT2D eigenvalue weighted by molar-refractivity contribution is 5.58. The summed E-state index contributed by atoms with van der Waals surface area (Å²) in [6.07, 6.45) is 1.59. The number of hydrogen-bond acceptors (Lipinski definition) is 7. The number of nitrogens with zero attached hydrogens (tertiary/aromatic N) is 5. The third-order valence-electron chi connectivity index (χ3n) is 4.64. The van der Waals surface area contributed by atoms with Gasteiger partial charge in [-0.25, -0.2) is 4.39 Å². The first-order valence-corrected chi connectivity index (χ1v) is 9.07. The summed E-state index contributed by atoms with van der Waals surface area (Å²) < 4.78 is 18.4. The lowest BCUT2D eigenvalue weighted by molar-refractivity contribution is 0.415. The average molecular weight is 380 g/mol. The summed E-state index contributed by atoms with van der Waals surface area (Å²) in [5, 5.41) is 11.5. The minimum absolute atomic E-state index is 0.220. The fourth-order valence-corrected chi connectivity index (χ4v) is 3.15. The fraction of sp³-hybridized carbons (Fsp3) is 0.250. The first-order chi connectivity index (χ1) is 13.7. The molecule has 0 atom stereocenters. The van der Waals surface area contributed by atoms with Gasteiger partial charge in [0, 0.05) is 43.6 Å². The summed E-state index contributed by atoms with van der Waals surface area (Å²) >= 11 is 0. The van der Waals surface area contributed by atoms with Crippen molar-refractivity contribution in [3.63, 3.8) is 0 Å². The molecular formula is C20H21FN6O. The Labute approximate surface area is 162 Å². The van der Waals surface area contributed by atoms with Crippen molar-refractivity contribution in [1.82, 2.24) is 15.2 Å². The second-order valence-corrected chi connectivity index (χ2v) is 6.45. The van der Waals surface area contributed by atoms with Crippen LogP contribution in [0.5, 0.6) is 5.75 Å². The van der Waals surface area contributed by atoms with Crippen molar-refractivity contribution in [3.8, 4) is 5.75 Å². The largest absolute Gasteiger partial charge is 0.497 e. The zero-order chi connectivity index (χ0) is 19.3. The van der Waals surface area contributed by atoms with E-state index < -0.39 is 0 Å². The van der Waals surface area contributed by atoms with Gasteiger partial charge < -0.3 is 19.9 Å². The van der Waals surface area contributed by atoms with Crippen LogP contribution in [0.4, 0.5) is 27.5 Å². The first kappa shape index (κ1) is 18.0. The molecule has 2 aromatic carbocycles. The standard InChI is InChI=1S/C20H21FN6O/c1-28-18-4-2-3-16(13-18)23-19-14-22-25-20(24-19)27-11-9-26(10-12-27)17-7-5-15(21)6-8-17/h2-8,13-14H,9-12H2,1H3,(H,23,24,25). The molecule has 1 fully saturated rings. The lowest BCUT2D eigenvalue weighted by Gasteiger charge is -2.35. The normalized spacial score (nSPS) is 14.1. The number of nitrogens with one attached hydrogen (secondary N) is 1. The summed E-state index contributed by atoms with van der Waals surface area (Å²) in [4.78, 5) is 8.91. The Kier molecular flexibility index (Phi) is 5.18. The van der Waals surface area contributed by atoms with Crippen molar-refractivity contribution in [2.24, 2.45) is 0 Å². The van der Waals surface area contributed by atoms with Crippen LogP contribution in [-0.4, -0.2) is 48.5 Å². The number of piperazine rings is 1. The third kappa shape index (κ3) is 4.11. The SMILES string of the molecule is COc1cccc(Nc2cnnc(N3CCN(c4ccc(F)cc4)CC3)n2)c1. The zero-order valence-electron chi connectivity index (χ0n) is 15.5. The Morgan fingerprint density at radius 1 is 1.00 bits per heavy atom. The minimum atomic E-state index is -0.220. The minimum Gasteiger partial charge on any atom is -0.497 e. The van der Waals surface area contributed by atoms with E-state index in [0.717, 1.165) is 43.3 Å². The van der Waals surface area contributed by atoms with E-state index in [1.54, 1.807) is 13.3 Å². The molecule has 3 aromatic rings. The molecule has 1 saturated heterocycles. The van der Waals surface area contributed by atoms with Gasteiger partial charge in [-0.05, 0) is 36.4 Å². The van der Waals surface area contributed by atoms with Gasteiger partial charge in [0.25, 0.3) is 0 Å². The van der Waals surface area contributed by atoms with Crippen LogP contribution >= 0.6 is 0 Å². The van der Waals surface area contributed by atoms with E-state index >= 15 is 0 Å². The van der Waals surface area contributed by atoms with Gasteiger partial charge in [-0.3, -0.25) is 0 Å². The van der Waals surface area contributed by atoms with Crippen molar-refractivity contribution < 1.29 is 9.13 Å². The van der Waals surface area contributed by atoms with Crippen LogP contribution < -0.4 is 19.9 Å². The number of anilines is 4. The highest BCUT2D eigenvalue weighted by Gasteiger charge is 2.20. The maximum atomic E-state index is 13.1. The Balaban J connectivity index is 1.41. The second kappa shape index (κ2) is 8.08. The van der Waals surface area contributed by atoms with Crippen molar-refractivity contribution in [2.75, 3.05) is 48.4 Å². The van der Waals surface area contributed by atoms with Gasteiger partial charge in [0.05, 0.1) is 13.3 Å². The molecule has 8 heteroatoms. The predicted molar refractivity (Wildman–Crippen MR) is 107 cm³/mol. The number of rotatable bonds is 5. The first-order valence-electron chi connectivity index (χ1n) is 9.07. The molecule has 0 amide bonds. The van der Waals surface area contributed by atoms with Gasteiger partial charge in [-0.2, -0.15) is 10.1 Å². The van der Waals surface area contributed by atoms with Crippen LogP contribution in [0.15, 0.2) is 54.7 Å². The van der Waals surface area contributed by atoms with E-state index in [9.17, 15) is 4.39 Å². The number of hydrogen-bond donors (Lipinski definition) is 1. The molecule has 1 aliphatic heterocycles. The number of halogens is 1. The molecule has 0 saturated carbocycles. The topological polar surface area (TPSA) is 66.4 Å². The molecular weight excluding hydrogens is 359 g/mol. The van der Waals surface area contributed by atoms with E-state index in [4.69, 9.17) is 4.74 Å². The lowest BCUT2D eigenvalue weighted by Crippen LogP contribution is -2.47.